The van der Waals surface area contributed by atoms with Crippen molar-refractivity contribution in [3.8, 4) is 0 Å². The maximum atomic E-state index is 13.5. The predicted molar refractivity (Wildman–Crippen MR) is 74.1 cm³/mol. The largest absolute Gasteiger partial charge is 0.336 e. The minimum atomic E-state index is -0.643. The highest BCUT2D eigenvalue weighted by atomic mass is 35.5. The van der Waals surface area contributed by atoms with E-state index in [2.05, 4.69) is 0 Å². The van der Waals surface area contributed by atoms with Crippen LogP contribution in [0.15, 0.2) is 12.1 Å². The van der Waals surface area contributed by atoms with Crippen molar-refractivity contribution in [2.24, 2.45) is 5.73 Å². The van der Waals surface area contributed by atoms with Crippen LogP contribution in [0.25, 0.3) is 0 Å². The smallest absolute Gasteiger partial charge is 0.255 e. The van der Waals surface area contributed by atoms with E-state index in [-0.39, 0.29) is 33.6 Å². The Bertz CT molecular complexity index is 510. The molecule has 0 saturated carbocycles. The van der Waals surface area contributed by atoms with Crippen molar-refractivity contribution in [2.75, 3.05) is 6.54 Å². The molecule has 19 heavy (non-hydrogen) atoms. The molecule has 1 aliphatic heterocycles. The van der Waals surface area contributed by atoms with Crippen LogP contribution in [0, 0.1) is 5.82 Å². The summed E-state index contributed by atoms with van der Waals surface area (Å²) in [5.74, 6) is -0.921. The third-order valence-corrected chi connectivity index (χ3v) is 4.02. The van der Waals surface area contributed by atoms with Gasteiger partial charge in [0.05, 0.1) is 15.6 Å². The first-order chi connectivity index (χ1) is 8.90. The van der Waals surface area contributed by atoms with Crippen LogP contribution in [0.2, 0.25) is 10.0 Å². The van der Waals surface area contributed by atoms with E-state index in [4.69, 9.17) is 28.9 Å². The van der Waals surface area contributed by atoms with Gasteiger partial charge in [0.25, 0.3) is 5.91 Å². The number of rotatable bonds is 1. The molecule has 2 N–H and O–H groups in total. The third kappa shape index (κ3) is 3.02. The molecular weight excluding hydrogens is 290 g/mol. The molecule has 6 heteroatoms. The minimum Gasteiger partial charge on any atom is -0.336 e. The summed E-state index contributed by atoms with van der Waals surface area (Å²) >= 11 is 11.6. The Kier molecular flexibility index (Phi) is 4.33. The number of piperidine rings is 1. The van der Waals surface area contributed by atoms with Gasteiger partial charge in [-0.2, -0.15) is 0 Å². The van der Waals surface area contributed by atoms with Gasteiger partial charge in [-0.1, -0.05) is 23.2 Å². The van der Waals surface area contributed by atoms with Crippen molar-refractivity contribution < 1.29 is 9.18 Å². The van der Waals surface area contributed by atoms with E-state index in [1.54, 1.807) is 4.90 Å². The highest BCUT2D eigenvalue weighted by molar-refractivity contribution is 6.36. The molecule has 1 aromatic rings. The summed E-state index contributed by atoms with van der Waals surface area (Å²) < 4.78 is 13.5. The number of nitrogens with zero attached hydrogens (tertiary/aromatic N) is 1. The van der Waals surface area contributed by atoms with E-state index in [1.807, 2.05) is 6.92 Å². The second-order valence-electron chi connectivity index (χ2n) is 4.88. The van der Waals surface area contributed by atoms with Crippen molar-refractivity contribution in [3.63, 3.8) is 0 Å². The van der Waals surface area contributed by atoms with Crippen LogP contribution < -0.4 is 5.73 Å². The Balaban J connectivity index is 2.27. The summed E-state index contributed by atoms with van der Waals surface area (Å²) in [4.78, 5) is 14.1. The SMILES string of the molecule is C[C@H]1C[C@@H](N)CCN1C(=O)c1cc(F)c(Cl)cc1Cl. The Labute approximate surface area is 121 Å². The van der Waals surface area contributed by atoms with Crippen LogP contribution in [-0.4, -0.2) is 29.4 Å². The molecule has 2 atom stereocenters. The van der Waals surface area contributed by atoms with Crippen molar-refractivity contribution in [1.82, 2.24) is 4.90 Å². The molecule has 104 valence electrons. The summed E-state index contributed by atoms with van der Waals surface area (Å²) in [6.07, 6.45) is 1.48. The molecule has 1 fully saturated rings. The van der Waals surface area contributed by atoms with E-state index in [9.17, 15) is 9.18 Å². The lowest BCUT2D eigenvalue weighted by Crippen LogP contribution is -2.48. The number of benzene rings is 1. The Morgan fingerprint density at radius 1 is 1.42 bits per heavy atom. The Morgan fingerprint density at radius 2 is 2.11 bits per heavy atom. The van der Waals surface area contributed by atoms with E-state index in [0.717, 1.165) is 18.9 Å². The first-order valence-corrected chi connectivity index (χ1v) is 6.87. The van der Waals surface area contributed by atoms with Crippen LogP contribution in [0.4, 0.5) is 4.39 Å². The number of carbonyl (C=O) groups is 1. The molecule has 0 unspecified atom stereocenters. The topological polar surface area (TPSA) is 46.3 Å². The Hall–Kier alpha value is -0.840. The van der Waals surface area contributed by atoms with Crippen molar-refractivity contribution in [3.05, 3.63) is 33.6 Å². The first kappa shape index (κ1) is 14.6. The number of hydrogen-bond acceptors (Lipinski definition) is 2. The molecule has 2 rings (SSSR count). The van der Waals surface area contributed by atoms with Gasteiger partial charge >= 0.3 is 0 Å². The molecule has 3 nitrogen and oxygen atoms in total. The van der Waals surface area contributed by atoms with Crippen LogP contribution in [0.1, 0.15) is 30.1 Å². The number of amides is 1. The molecule has 1 amide bonds. The maximum Gasteiger partial charge on any atom is 0.255 e. The molecule has 0 spiro atoms. The Morgan fingerprint density at radius 3 is 2.74 bits per heavy atom. The van der Waals surface area contributed by atoms with Gasteiger partial charge in [0.2, 0.25) is 0 Å². The summed E-state index contributed by atoms with van der Waals surface area (Å²) in [6.45, 7) is 2.48. The monoisotopic (exact) mass is 304 g/mol. The van der Waals surface area contributed by atoms with Crippen LogP contribution in [-0.2, 0) is 0 Å². The van der Waals surface area contributed by atoms with E-state index < -0.39 is 5.82 Å². The highest BCUT2D eigenvalue weighted by Gasteiger charge is 2.29. The highest BCUT2D eigenvalue weighted by Crippen LogP contribution is 2.27. The fourth-order valence-corrected chi connectivity index (χ4v) is 2.82. The van der Waals surface area contributed by atoms with Crippen LogP contribution >= 0.6 is 23.2 Å². The second-order valence-corrected chi connectivity index (χ2v) is 5.69. The zero-order chi connectivity index (χ0) is 14.2. The van der Waals surface area contributed by atoms with E-state index in [0.29, 0.717) is 6.54 Å². The van der Waals surface area contributed by atoms with E-state index >= 15 is 0 Å². The van der Waals surface area contributed by atoms with Gasteiger partial charge in [0.1, 0.15) is 5.82 Å². The third-order valence-electron chi connectivity index (χ3n) is 3.42. The average molecular weight is 305 g/mol. The number of halogens is 3. The molecule has 1 heterocycles. The second kappa shape index (κ2) is 5.65. The number of hydrogen-bond donors (Lipinski definition) is 1. The van der Waals surface area contributed by atoms with Gasteiger partial charge in [-0.25, -0.2) is 4.39 Å². The molecule has 0 bridgehead atoms. The summed E-state index contributed by atoms with van der Waals surface area (Å²) in [7, 11) is 0. The van der Waals surface area contributed by atoms with Gasteiger partial charge < -0.3 is 10.6 Å². The average Bonchev–Trinajstić information content (AvgIpc) is 2.33. The lowest BCUT2D eigenvalue weighted by molar-refractivity contribution is 0.0619. The molecule has 0 aliphatic carbocycles. The van der Waals surface area contributed by atoms with Gasteiger partial charge in [-0.05, 0) is 31.9 Å². The van der Waals surface area contributed by atoms with Crippen LogP contribution in [0.5, 0.6) is 0 Å². The molecule has 1 aliphatic rings. The zero-order valence-corrected chi connectivity index (χ0v) is 12.0. The van der Waals surface area contributed by atoms with Crippen LogP contribution in [0.3, 0.4) is 0 Å². The summed E-state index contributed by atoms with van der Waals surface area (Å²) in [6, 6.07) is 2.47. The van der Waals surface area contributed by atoms with Crippen molar-refractivity contribution in [1.29, 1.82) is 0 Å². The molecular formula is C13H15Cl2FN2O. The quantitative estimate of drug-likeness (QED) is 0.811. The van der Waals surface area contributed by atoms with Gasteiger partial charge in [0, 0.05) is 18.6 Å². The molecule has 1 saturated heterocycles. The fourth-order valence-electron chi connectivity index (χ4n) is 2.35. The molecule has 1 aromatic carbocycles. The normalized spacial score (nSPS) is 23.5. The standard InChI is InChI=1S/C13H15Cl2FN2O/c1-7-4-8(17)2-3-18(7)13(19)9-5-12(16)11(15)6-10(9)14/h5-8H,2-4,17H2,1H3/t7-,8-/m0/s1. The molecule has 0 radical (unpaired) electrons. The first-order valence-electron chi connectivity index (χ1n) is 6.11. The lowest BCUT2D eigenvalue weighted by atomic mass is 9.98. The maximum absolute atomic E-state index is 13.5. The summed E-state index contributed by atoms with van der Waals surface area (Å²) in [5.41, 5.74) is 6.00. The number of carbonyl (C=O) groups excluding carboxylic acids is 1. The number of likely N-dealkylation sites (tertiary alicyclic amines) is 1. The fraction of sp³-hybridized carbons (Fsp3) is 0.462. The van der Waals surface area contributed by atoms with Gasteiger partial charge in [0.15, 0.2) is 0 Å². The molecule has 0 aromatic heterocycles. The van der Waals surface area contributed by atoms with Crippen molar-refractivity contribution >= 4 is 29.1 Å². The summed E-state index contributed by atoms with van der Waals surface area (Å²) in [5, 5.41) is 0.0775. The lowest BCUT2D eigenvalue weighted by Gasteiger charge is -2.36. The number of nitrogens with two attached hydrogens (primary N) is 1. The van der Waals surface area contributed by atoms with Crippen molar-refractivity contribution in [2.45, 2.75) is 31.8 Å². The zero-order valence-electron chi connectivity index (χ0n) is 10.5. The van der Waals surface area contributed by atoms with Gasteiger partial charge in [-0.3, -0.25) is 4.79 Å². The van der Waals surface area contributed by atoms with E-state index in [1.165, 1.54) is 6.07 Å². The predicted octanol–water partition coefficient (Wildman–Crippen LogP) is 3.08. The van der Waals surface area contributed by atoms with Gasteiger partial charge in [-0.15, -0.1) is 0 Å². The minimum absolute atomic E-state index is 0.0195.